The van der Waals surface area contributed by atoms with Crippen LogP contribution in [-0.2, 0) is 33.8 Å². The van der Waals surface area contributed by atoms with Gasteiger partial charge in [-0.3, -0.25) is 9.59 Å². The van der Waals surface area contributed by atoms with Crippen LogP contribution in [0, 0.1) is 10.8 Å². The molecule has 0 aliphatic rings. The predicted molar refractivity (Wildman–Crippen MR) is 147 cm³/mol. The smallest absolute Gasteiger partial charge is 0.311 e. The van der Waals surface area contributed by atoms with Crippen molar-refractivity contribution in [2.45, 2.75) is 99.5 Å². The lowest BCUT2D eigenvalue weighted by molar-refractivity contribution is -0.153. The Balaban J connectivity index is 2.06. The van der Waals surface area contributed by atoms with Gasteiger partial charge in [0.1, 0.15) is 18.1 Å². The second-order valence-corrected chi connectivity index (χ2v) is 11.1. The number of esters is 1. The van der Waals surface area contributed by atoms with Gasteiger partial charge in [-0.15, -0.1) is 0 Å². The van der Waals surface area contributed by atoms with E-state index in [1.54, 1.807) is 6.92 Å². The van der Waals surface area contributed by atoms with Crippen molar-refractivity contribution < 1.29 is 19.1 Å². The topological polar surface area (TPSA) is 52.6 Å². The minimum atomic E-state index is -0.460. The summed E-state index contributed by atoms with van der Waals surface area (Å²) in [6.07, 6.45) is 7.52. The van der Waals surface area contributed by atoms with Crippen LogP contribution in [0.1, 0.15) is 96.8 Å². The molecular weight excluding hydrogens is 448 g/mol. The number of para-hydroxylation sites is 1. The first-order valence-electron chi connectivity index (χ1n) is 13.5. The lowest BCUT2D eigenvalue weighted by Crippen LogP contribution is -2.26. The first-order chi connectivity index (χ1) is 17.1. The van der Waals surface area contributed by atoms with E-state index in [4.69, 9.17) is 9.47 Å². The minimum absolute atomic E-state index is 0.119. The van der Waals surface area contributed by atoms with Crippen molar-refractivity contribution in [1.82, 2.24) is 0 Å². The van der Waals surface area contributed by atoms with Crippen molar-refractivity contribution in [2.24, 2.45) is 10.8 Å². The van der Waals surface area contributed by atoms with Crippen molar-refractivity contribution in [3.05, 3.63) is 65.2 Å². The molecule has 0 aromatic heterocycles. The molecule has 0 aliphatic heterocycles. The zero-order valence-electron chi connectivity index (χ0n) is 23.3. The molecule has 0 amide bonds. The Hall–Kier alpha value is -2.62. The molecule has 2 aromatic rings. The van der Waals surface area contributed by atoms with Gasteiger partial charge in [-0.1, -0.05) is 75.2 Å². The maximum Gasteiger partial charge on any atom is 0.311 e. The van der Waals surface area contributed by atoms with Gasteiger partial charge < -0.3 is 9.47 Å². The van der Waals surface area contributed by atoms with Crippen LogP contribution < -0.4 is 4.74 Å². The third kappa shape index (κ3) is 9.44. The van der Waals surface area contributed by atoms with E-state index < -0.39 is 5.41 Å². The molecule has 0 spiro atoms. The van der Waals surface area contributed by atoms with E-state index in [1.165, 1.54) is 11.1 Å². The maximum atomic E-state index is 12.2. The van der Waals surface area contributed by atoms with Gasteiger partial charge in [-0.05, 0) is 82.9 Å². The number of unbranched alkanes of at least 4 members (excludes halogenated alkanes) is 2. The van der Waals surface area contributed by atoms with Gasteiger partial charge in [0.05, 0.1) is 12.0 Å². The highest BCUT2D eigenvalue weighted by molar-refractivity contribution is 5.81. The molecule has 0 N–H and O–H groups in total. The van der Waals surface area contributed by atoms with Crippen LogP contribution in [0.15, 0.2) is 48.5 Å². The average molecular weight is 495 g/mol. The number of hydrogen-bond acceptors (Lipinski definition) is 4. The van der Waals surface area contributed by atoms with Gasteiger partial charge in [-0.25, -0.2) is 0 Å². The van der Waals surface area contributed by atoms with E-state index in [0.717, 1.165) is 62.7 Å². The van der Waals surface area contributed by atoms with Crippen molar-refractivity contribution >= 4 is 11.8 Å². The third-order valence-electron chi connectivity index (χ3n) is 7.18. The van der Waals surface area contributed by atoms with E-state index >= 15 is 0 Å². The molecule has 0 aliphatic carbocycles. The standard InChI is InChI=1S/C32H46O4/c1-7-35-30(34)32(5,6)23-14-12-19-28-21-15-20-27(18-11-13-22-31(3,4)25(2)33)29(28)36-24-26-16-9-8-10-17-26/h8-10,15-17,20-21H,7,11-14,18-19,22-24H2,1-6H3. The minimum Gasteiger partial charge on any atom is -0.488 e. The number of hydrogen-bond donors (Lipinski definition) is 0. The number of benzene rings is 2. The SMILES string of the molecule is CCOC(=O)C(C)(C)CCCCc1cccc(CCCCC(C)(C)C(C)=O)c1OCc1ccccc1. The summed E-state index contributed by atoms with van der Waals surface area (Å²) in [4.78, 5) is 24.1. The fourth-order valence-electron chi connectivity index (χ4n) is 4.32. The summed E-state index contributed by atoms with van der Waals surface area (Å²) < 4.78 is 11.7. The maximum absolute atomic E-state index is 12.2. The molecule has 0 radical (unpaired) electrons. The van der Waals surface area contributed by atoms with Crippen LogP contribution in [0.3, 0.4) is 0 Å². The van der Waals surface area contributed by atoms with E-state index in [0.29, 0.717) is 13.2 Å². The summed E-state index contributed by atoms with van der Waals surface area (Å²) in [6.45, 7) is 12.5. The number of aryl methyl sites for hydroxylation is 2. The molecule has 0 unspecified atom stereocenters. The van der Waals surface area contributed by atoms with E-state index in [-0.39, 0.29) is 17.2 Å². The summed E-state index contributed by atoms with van der Waals surface area (Å²) in [6, 6.07) is 16.7. The first kappa shape index (κ1) is 29.6. The molecule has 4 heteroatoms. The summed E-state index contributed by atoms with van der Waals surface area (Å²) in [7, 11) is 0. The molecule has 0 saturated heterocycles. The number of carbonyl (C=O) groups is 2. The molecule has 0 atom stereocenters. The van der Waals surface area contributed by atoms with Gasteiger partial charge in [-0.2, -0.15) is 0 Å². The average Bonchev–Trinajstić information content (AvgIpc) is 2.84. The number of ketones is 1. The van der Waals surface area contributed by atoms with Gasteiger partial charge in [0.25, 0.3) is 0 Å². The molecular formula is C32H46O4. The summed E-state index contributed by atoms with van der Waals surface area (Å²) in [5.74, 6) is 1.13. The fourth-order valence-corrected chi connectivity index (χ4v) is 4.32. The molecule has 2 rings (SSSR count). The lowest BCUT2D eigenvalue weighted by Gasteiger charge is -2.22. The Morgan fingerprint density at radius 2 is 1.31 bits per heavy atom. The van der Waals surface area contributed by atoms with Crippen LogP contribution in [0.2, 0.25) is 0 Å². The Labute approximate surface area is 218 Å². The van der Waals surface area contributed by atoms with E-state index in [9.17, 15) is 9.59 Å². The van der Waals surface area contributed by atoms with Crippen molar-refractivity contribution in [1.29, 1.82) is 0 Å². The van der Waals surface area contributed by atoms with E-state index in [1.807, 2.05) is 52.8 Å². The highest BCUT2D eigenvalue weighted by atomic mass is 16.5. The molecule has 0 heterocycles. The second-order valence-electron chi connectivity index (χ2n) is 11.1. The highest BCUT2D eigenvalue weighted by Crippen LogP contribution is 2.31. The Morgan fingerprint density at radius 3 is 1.83 bits per heavy atom. The Morgan fingerprint density at radius 1 is 0.750 bits per heavy atom. The monoisotopic (exact) mass is 494 g/mol. The Bertz CT molecular complexity index is 959. The lowest BCUT2D eigenvalue weighted by atomic mass is 9.83. The zero-order chi connectivity index (χ0) is 26.6. The normalized spacial score (nSPS) is 11.8. The summed E-state index contributed by atoms with van der Waals surface area (Å²) in [5.41, 5.74) is 2.89. The zero-order valence-corrected chi connectivity index (χ0v) is 23.3. The molecule has 198 valence electrons. The van der Waals surface area contributed by atoms with Crippen LogP contribution in [-0.4, -0.2) is 18.4 Å². The van der Waals surface area contributed by atoms with Crippen molar-refractivity contribution in [3.63, 3.8) is 0 Å². The molecule has 36 heavy (non-hydrogen) atoms. The number of Topliss-reactive ketones (excluding diaryl/α,β-unsaturated/α-hetero) is 1. The number of rotatable bonds is 16. The summed E-state index contributed by atoms with van der Waals surface area (Å²) >= 11 is 0. The van der Waals surface area contributed by atoms with Gasteiger partial charge in [0.15, 0.2) is 0 Å². The molecule has 2 aromatic carbocycles. The molecule has 0 bridgehead atoms. The molecule has 0 saturated carbocycles. The molecule has 0 fully saturated rings. The predicted octanol–water partition coefficient (Wildman–Crippen LogP) is 7.90. The number of ether oxygens (including phenoxy) is 2. The van der Waals surface area contributed by atoms with Gasteiger partial charge >= 0.3 is 5.97 Å². The highest BCUT2D eigenvalue weighted by Gasteiger charge is 2.28. The van der Waals surface area contributed by atoms with Crippen LogP contribution in [0.5, 0.6) is 5.75 Å². The van der Waals surface area contributed by atoms with Crippen LogP contribution >= 0.6 is 0 Å². The quantitative estimate of drug-likeness (QED) is 0.176. The van der Waals surface area contributed by atoms with E-state index in [2.05, 4.69) is 30.3 Å². The Kier molecular flexibility index (Phi) is 11.7. The van der Waals surface area contributed by atoms with Crippen molar-refractivity contribution in [2.75, 3.05) is 6.61 Å². The van der Waals surface area contributed by atoms with Gasteiger partial charge in [0.2, 0.25) is 0 Å². The fraction of sp³-hybridized carbons (Fsp3) is 0.562. The van der Waals surface area contributed by atoms with Gasteiger partial charge in [0, 0.05) is 5.41 Å². The van der Waals surface area contributed by atoms with Crippen LogP contribution in [0.25, 0.3) is 0 Å². The second kappa shape index (κ2) is 14.2. The van der Waals surface area contributed by atoms with Crippen molar-refractivity contribution in [3.8, 4) is 5.75 Å². The van der Waals surface area contributed by atoms with Crippen LogP contribution in [0.4, 0.5) is 0 Å². The summed E-state index contributed by atoms with van der Waals surface area (Å²) in [5, 5.41) is 0. The first-order valence-corrected chi connectivity index (χ1v) is 13.5. The molecule has 4 nitrogen and oxygen atoms in total. The third-order valence-corrected chi connectivity index (χ3v) is 7.18. The largest absolute Gasteiger partial charge is 0.488 e. The number of carbonyl (C=O) groups excluding carboxylic acids is 2.